The summed E-state index contributed by atoms with van der Waals surface area (Å²) in [5, 5.41) is 0. The molecule has 2 aromatic rings. The highest BCUT2D eigenvalue weighted by molar-refractivity contribution is 5.63. The number of ether oxygens (including phenoxy) is 1. The first-order valence-corrected chi connectivity index (χ1v) is 5.60. The third-order valence-corrected chi connectivity index (χ3v) is 2.76. The van der Waals surface area contributed by atoms with Crippen molar-refractivity contribution in [1.82, 2.24) is 9.97 Å². The van der Waals surface area contributed by atoms with Crippen LogP contribution in [0.15, 0.2) is 24.4 Å². The van der Waals surface area contributed by atoms with Gasteiger partial charge >= 0.3 is 0 Å². The molecule has 0 saturated carbocycles. The van der Waals surface area contributed by atoms with Crippen LogP contribution in [0.5, 0.6) is 5.75 Å². The van der Waals surface area contributed by atoms with Gasteiger partial charge in [0.15, 0.2) is 5.95 Å². The van der Waals surface area contributed by atoms with Crippen molar-refractivity contribution in [3.05, 3.63) is 30.0 Å². The van der Waals surface area contributed by atoms with Crippen molar-refractivity contribution in [2.24, 2.45) is 0 Å². The standard InChI is InChI=1S/C13H17N3O/c1-8(2)10-6-9(4-5-12(10)17-3)11-7-15-13(14)16-11/h4-8H,1-3H3,(H3,14,15,16). The summed E-state index contributed by atoms with van der Waals surface area (Å²) in [5.74, 6) is 1.75. The van der Waals surface area contributed by atoms with E-state index in [2.05, 4.69) is 29.9 Å². The number of benzene rings is 1. The zero-order valence-corrected chi connectivity index (χ0v) is 10.3. The number of nitrogens with zero attached hydrogens (tertiary/aromatic N) is 1. The van der Waals surface area contributed by atoms with E-state index in [1.54, 1.807) is 13.3 Å². The number of hydrogen-bond acceptors (Lipinski definition) is 3. The van der Waals surface area contributed by atoms with E-state index in [0.717, 1.165) is 17.0 Å². The second-order valence-corrected chi connectivity index (χ2v) is 4.29. The first-order valence-electron chi connectivity index (χ1n) is 5.60. The first kappa shape index (κ1) is 11.5. The Morgan fingerprint density at radius 2 is 2.12 bits per heavy atom. The van der Waals surface area contributed by atoms with Crippen molar-refractivity contribution in [2.45, 2.75) is 19.8 Å². The molecule has 0 aliphatic heterocycles. The highest BCUT2D eigenvalue weighted by atomic mass is 16.5. The molecule has 90 valence electrons. The molecule has 4 heteroatoms. The van der Waals surface area contributed by atoms with Gasteiger partial charge in [-0.1, -0.05) is 13.8 Å². The van der Waals surface area contributed by atoms with Gasteiger partial charge in [0.2, 0.25) is 0 Å². The minimum atomic E-state index is 0.408. The maximum Gasteiger partial charge on any atom is 0.197 e. The normalized spacial score (nSPS) is 10.8. The number of H-pyrrole nitrogens is 1. The Bertz CT molecular complexity index is 517. The fourth-order valence-corrected chi connectivity index (χ4v) is 1.84. The molecule has 0 amide bonds. The van der Waals surface area contributed by atoms with Gasteiger partial charge in [-0.3, -0.25) is 0 Å². The SMILES string of the molecule is COc1ccc(-c2cnc(N)[nH]2)cc1C(C)C. The van der Waals surface area contributed by atoms with Gasteiger partial charge in [-0.25, -0.2) is 4.98 Å². The molecule has 17 heavy (non-hydrogen) atoms. The van der Waals surface area contributed by atoms with E-state index >= 15 is 0 Å². The van der Waals surface area contributed by atoms with Crippen LogP contribution in [0.4, 0.5) is 5.95 Å². The van der Waals surface area contributed by atoms with Crippen LogP contribution >= 0.6 is 0 Å². The molecule has 0 bridgehead atoms. The summed E-state index contributed by atoms with van der Waals surface area (Å²) in [6.07, 6.45) is 1.74. The lowest BCUT2D eigenvalue weighted by molar-refractivity contribution is 0.407. The van der Waals surface area contributed by atoms with Gasteiger partial charge in [-0.2, -0.15) is 0 Å². The third-order valence-electron chi connectivity index (χ3n) is 2.76. The largest absolute Gasteiger partial charge is 0.496 e. The van der Waals surface area contributed by atoms with Gasteiger partial charge in [-0.05, 0) is 29.7 Å². The first-order chi connectivity index (χ1) is 8.11. The molecule has 0 unspecified atom stereocenters. The molecule has 0 saturated heterocycles. The van der Waals surface area contributed by atoms with Gasteiger partial charge in [0.1, 0.15) is 5.75 Å². The summed E-state index contributed by atoms with van der Waals surface area (Å²) in [6.45, 7) is 4.28. The maximum absolute atomic E-state index is 5.58. The van der Waals surface area contributed by atoms with E-state index in [1.165, 1.54) is 5.56 Å². The Kier molecular flexibility index (Phi) is 3.04. The number of rotatable bonds is 3. The lowest BCUT2D eigenvalue weighted by Gasteiger charge is -2.12. The van der Waals surface area contributed by atoms with Crippen LogP contribution in [-0.4, -0.2) is 17.1 Å². The van der Waals surface area contributed by atoms with Gasteiger partial charge in [0, 0.05) is 5.56 Å². The summed E-state index contributed by atoms with van der Waals surface area (Å²) in [5.41, 5.74) is 8.75. The average Bonchev–Trinajstić information content (AvgIpc) is 2.75. The number of nitrogen functional groups attached to an aromatic ring is 1. The van der Waals surface area contributed by atoms with Crippen molar-refractivity contribution >= 4 is 5.95 Å². The molecule has 1 aromatic carbocycles. The summed E-state index contributed by atoms with van der Waals surface area (Å²) in [7, 11) is 1.69. The number of nitrogens with one attached hydrogen (secondary N) is 1. The summed E-state index contributed by atoms with van der Waals surface area (Å²) < 4.78 is 5.35. The maximum atomic E-state index is 5.58. The molecule has 0 aliphatic carbocycles. The number of anilines is 1. The zero-order chi connectivity index (χ0) is 12.4. The Balaban J connectivity index is 2.47. The Hall–Kier alpha value is -1.97. The number of aromatic nitrogens is 2. The third kappa shape index (κ3) is 2.25. The van der Waals surface area contributed by atoms with E-state index < -0.39 is 0 Å². The molecule has 3 N–H and O–H groups in total. The lowest BCUT2D eigenvalue weighted by atomic mass is 9.98. The number of methoxy groups -OCH3 is 1. The smallest absolute Gasteiger partial charge is 0.197 e. The van der Waals surface area contributed by atoms with Crippen LogP contribution in [-0.2, 0) is 0 Å². The van der Waals surface area contributed by atoms with Gasteiger partial charge in [-0.15, -0.1) is 0 Å². The molecular weight excluding hydrogens is 214 g/mol. The van der Waals surface area contributed by atoms with Gasteiger partial charge in [0.25, 0.3) is 0 Å². The topological polar surface area (TPSA) is 63.9 Å². The van der Waals surface area contributed by atoms with Crippen LogP contribution < -0.4 is 10.5 Å². The summed E-state index contributed by atoms with van der Waals surface area (Å²) >= 11 is 0. The van der Waals surface area contributed by atoms with Crippen molar-refractivity contribution < 1.29 is 4.74 Å². The van der Waals surface area contributed by atoms with Crippen LogP contribution in [0, 0.1) is 0 Å². The Morgan fingerprint density at radius 1 is 1.35 bits per heavy atom. The van der Waals surface area contributed by atoms with Crippen LogP contribution in [0.1, 0.15) is 25.3 Å². The fraction of sp³-hybridized carbons (Fsp3) is 0.308. The molecule has 0 atom stereocenters. The van der Waals surface area contributed by atoms with Crippen molar-refractivity contribution in [1.29, 1.82) is 0 Å². The van der Waals surface area contributed by atoms with Gasteiger partial charge in [0.05, 0.1) is 19.0 Å². The quantitative estimate of drug-likeness (QED) is 0.853. The van der Waals surface area contributed by atoms with Crippen LogP contribution in [0.3, 0.4) is 0 Å². The minimum absolute atomic E-state index is 0.408. The highest BCUT2D eigenvalue weighted by Gasteiger charge is 2.10. The molecule has 4 nitrogen and oxygen atoms in total. The number of hydrogen-bond donors (Lipinski definition) is 2. The van der Waals surface area contributed by atoms with Crippen molar-refractivity contribution in [3.8, 4) is 17.0 Å². The van der Waals surface area contributed by atoms with Crippen LogP contribution in [0.2, 0.25) is 0 Å². The van der Waals surface area contributed by atoms with E-state index in [1.807, 2.05) is 12.1 Å². The summed E-state index contributed by atoms with van der Waals surface area (Å²) in [6, 6.07) is 6.08. The van der Waals surface area contributed by atoms with Crippen molar-refractivity contribution in [2.75, 3.05) is 12.8 Å². The minimum Gasteiger partial charge on any atom is -0.496 e. The van der Waals surface area contributed by atoms with E-state index in [9.17, 15) is 0 Å². The molecule has 0 aliphatic rings. The second-order valence-electron chi connectivity index (χ2n) is 4.29. The molecule has 1 aromatic heterocycles. The van der Waals surface area contributed by atoms with E-state index in [0.29, 0.717) is 11.9 Å². The monoisotopic (exact) mass is 231 g/mol. The van der Waals surface area contributed by atoms with Crippen molar-refractivity contribution in [3.63, 3.8) is 0 Å². The number of nitrogens with two attached hydrogens (primary N) is 1. The van der Waals surface area contributed by atoms with E-state index in [-0.39, 0.29) is 0 Å². The number of imidazole rings is 1. The number of aromatic amines is 1. The molecule has 0 radical (unpaired) electrons. The lowest BCUT2D eigenvalue weighted by Crippen LogP contribution is -1.95. The van der Waals surface area contributed by atoms with Gasteiger partial charge < -0.3 is 15.5 Å². The molecule has 1 heterocycles. The Morgan fingerprint density at radius 3 is 2.65 bits per heavy atom. The predicted molar refractivity (Wildman–Crippen MR) is 69.1 cm³/mol. The Labute approximate surface area is 101 Å². The molecule has 2 rings (SSSR count). The van der Waals surface area contributed by atoms with Crippen LogP contribution in [0.25, 0.3) is 11.3 Å². The average molecular weight is 231 g/mol. The zero-order valence-electron chi connectivity index (χ0n) is 10.3. The molecule has 0 spiro atoms. The van der Waals surface area contributed by atoms with E-state index in [4.69, 9.17) is 10.5 Å². The molecular formula is C13H17N3O. The highest BCUT2D eigenvalue weighted by Crippen LogP contribution is 2.30. The second kappa shape index (κ2) is 4.49. The predicted octanol–water partition coefficient (Wildman–Crippen LogP) is 2.79. The summed E-state index contributed by atoms with van der Waals surface area (Å²) in [4.78, 5) is 7.02. The fourth-order valence-electron chi connectivity index (χ4n) is 1.84. The molecule has 0 fully saturated rings.